The van der Waals surface area contributed by atoms with E-state index in [9.17, 15) is 42.2 Å². The van der Waals surface area contributed by atoms with Crippen molar-refractivity contribution in [2.45, 2.75) is 57.6 Å². The molecular formula is C43H50Cl4F3N4O13P. The number of hydrogen-bond donors (Lipinski definition) is 4. The number of anilines is 2. The SMILES string of the molecule is CC1COc2ccccc2N1C(=O)C(Cl)Cl.CCOc1cc(Oc2ccc(C(F)(F)F)cc2Cl)ccc1[N+](=O)[O-].CCc1cccc(CC)c1N(COC)C(=O)CCl.O=C(O)CNCP(=O)(O)O. The Morgan fingerprint density at radius 1 is 1.00 bits per heavy atom. The summed E-state index contributed by atoms with van der Waals surface area (Å²) in [5.41, 5.74) is 2.81. The molecule has 1 aliphatic heterocycles. The van der Waals surface area contributed by atoms with Crippen molar-refractivity contribution in [3.05, 3.63) is 111 Å². The third kappa shape index (κ3) is 18.9. The molecule has 1 heterocycles. The number of nitrogens with zero attached hydrogens (tertiary/aromatic N) is 3. The average molecular weight is 1060 g/mol. The molecule has 5 rings (SSSR count). The van der Waals surface area contributed by atoms with Crippen molar-refractivity contribution in [3.63, 3.8) is 0 Å². The second kappa shape index (κ2) is 28.6. The molecule has 0 saturated carbocycles. The number of carbonyl (C=O) groups excluding carboxylic acids is 2. The molecule has 4 N–H and O–H groups in total. The topological polar surface area (TPSA) is 228 Å². The summed E-state index contributed by atoms with van der Waals surface area (Å²) in [6.07, 6.45) is -3.37. The number of carbonyl (C=O) groups is 3. The number of carboxylic acids is 1. The second-order valence-corrected chi connectivity index (χ2v) is 17.3. The summed E-state index contributed by atoms with van der Waals surface area (Å²) in [5.74, 6) is -0.823. The zero-order valence-electron chi connectivity index (χ0n) is 37.2. The molecule has 0 aliphatic carbocycles. The molecule has 374 valence electrons. The minimum atomic E-state index is -4.52. The zero-order valence-corrected chi connectivity index (χ0v) is 41.1. The number of carboxylic acid groups (broad SMARTS) is 1. The summed E-state index contributed by atoms with van der Waals surface area (Å²) >= 11 is 22.7. The molecule has 0 saturated heterocycles. The maximum atomic E-state index is 12.6. The summed E-state index contributed by atoms with van der Waals surface area (Å²) in [6.45, 7) is 8.14. The van der Waals surface area contributed by atoms with Crippen LogP contribution in [0.3, 0.4) is 0 Å². The van der Waals surface area contributed by atoms with Gasteiger partial charge in [-0.3, -0.25) is 39.3 Å². The van der Waals surface area contributed by atoms with Gasteiger partial charge in [0, 0.05) is 19.2 Å². The summed E-state index contributed by atoms with van der Waals surface area (Å²) in [4.78, 5) is 62.4. The molecule has 0 bridgehead atoms. The van der Waals surface area contributed by atoms with Crippen molar-refractivity contribution >= 4 is 88.8 Å². The van der Waals surface area contributed by atoms with Crippen molar-refractivity contribution in [2.75, 3.05) is 55.6 Å². The Morgan fingerprint density at radius 2 is 1.63 bits per heavy atom. The van der Waals surface area contributed by atoms with E-state index >= 15 is 0 Å². The molecule has 0 fully saturated rings. The number of benzene rings is 4. The third-order valence-corrected chi connectivity index (χ3v) is 10.4. The van der Waals surface area contributed by atoms with Crippen LogP contribution in [0.1, 0.15) is 44.4 Å². The summed E-state index contributed by atoms with van der Waals surface area (Å²) in [5, 5.41) is 20.7. The largest absolute Gasteiger partial charge is 0.489 e. The quantitative estimate of drug-likeness (QED) is 0.0269. The van der Waals surface area contributed by atoms with Crippen molar-refractivity contribution < 1.29 is 70.9 Å². The molecule has 68 heavy (non-hydrogen) atoms. The fraction of sp³-hybridized carbons (Fsp3) is 0.372. The first-order valence-corrected chi connectivity index (χ1v) is 23.7. The van der Waals surface area contributed by atoms with E-state index in [1.165, 1.54) is 18.2 Å². The van der Waals surface area contributed by atoms with Gasteiger partial charge in [0.1, 0.15) is 36.5 Å². The number of aliphatic carboxylic acids is 1. The Hall–Kier alpha value is -4.89. The van der Waals surface area contributed by atoms with Crippen LogP contribution in [0.2, 0.25) is 5.02 Å². The first-order chi connectivity index (χ1) is 31.9. The molecule has 1 aliphatic rings. The van der Waals surface area contributed by atoms with Gasteiger partial charge in [-0.15, -0.1) is 11.6 Å². The highest BCUT2D eigenvalue weighted by molar-refractivity contribution is 7.51. The Balaban J connectivity index is 0.000000324. The van der Waals surface area contributed by atoms with Crippen LogP contribution in [0.25, 0.3) is 0 Å². The lowest BCUT2D eigenvalue weighted by Crippen LogP contribution is -2.47. The molecule has 0 aromatic heterocycles. The second-order valence-electron chi connectivity index (χ2n) is 13.8. The van der Waals surface area contributed by atoms with Crippen LogP contribution in [0.4, 0.5) is 30.2 Å². The number of aryl methyl sites for hydroxylation is 2. The van der Waals surface area contributed by atoms with E-state index in [1.807, 2.05) is 49.4 Å². The maximum Gasteiger partial charge on any atom is 0.416 e. The lowest BCUT2D eigenvalue weighted by molar-refractivity contribution is -0.385. The first-order valence-electron chi connectivity index (χ1n) is 20.2. The Labute approximate surface area is 410 Å². The third-order valence-electron chi connectivity index (χ3n) is 8.89. The molecule has 25 heteroatoms. The maximum absolute atomic E-state index is 12.6. The minimum absolute atomic E-state index is 0.0111. The Bertz CT molecular complexity index is 2340. The van der Waals surface area contributed by atoms with Gasteiger partial charge in [-0.25, -0.2) is 0 Å². The van der Waals surface area contributed by atoms with Crippen LogP contribution in [-0.2, 0) is 42.7 Å². The van der Waals surface area contributed by atoms with Crippen LogP contribution < -0.4 is 29.3 Å². The van der Waals surface area contributed by atoms with Crippen LogP contribution in [0.15, 0.2) is 78.9 Å². The molecule has 2 amide bonds. The number of nitro benzene ring substituents is 1. The van der Waals surface area contributed by atoms with Gasteiger partial charge in [0.15, 0.2) is 4.84 Å². The van der Waals surface area contributed by atoms with E-state index in [-0.39, 0.29) is 65.0 Å². The van der Waals surface area contributed by atoms with Gasteiger partial charge in [-0.2, -0.15) is 13.2 Å². The Morgan fingerprint density at radius 3 is 2.13 bits per heavy atom. The number of nitrogens with one attached hydrogen (secondary N) is 1. The first kappa shape index (κ1) is 59.2. The van der Waals surface area contributed by atoms with Crippen molar-refractivity contribution in [3.8, 4) is 23.0 Å². The van der Waals surface area contributed by atoms with E-state index in [2.05, 4.69) is 19.2 Å². The monoisotopic (exact) mass is 1060 g/mol. The van der Waals surface area contributed by atoms with E-state index < -0.39 is 47.9 Å². The number of methoxy groups -OCH3 is 1. The van der Waals surface area contributed by atoms with Crippen LogP contribution in [0.5, 0.6) is 23.0 Å². The summed E-state index contributed by atoms with van der Waals surface area (Å²) in [7, 11) is -2.52. The molecule has 17 nitrogen and oxygen atoms in total. The fourth-order valence-electron chi connectivity index (χ4n) is 5.94. The van der Waals surface area contributed by atoms with E-state index in [0.29, 0.717) is 12.4 Å². The van der Waals surface area contributed by atoms with Crippen molar-refractivity contribution in [1.82, 2.24) is 5.32 Å². The van der Waals surface area contributed by atoms with Gasteiger partial charge >= 0.3 is 25.4 Å². The highest BCUT2D eigenvalue weighted by atomic mass is 35.5. The number of alkyl halides is 6. The molecule has 4 aromatic carbocycles. The fourth-order valence-corrected chi connectivity index (χ4v) is 6.92. The standard InChI is InChI=1S/C15H11ClF3NO4.C14H20ClNO2.C11H11Cl2NO2.C3H8NO5P/c1-2-23-14-8-10(4-5-12(14)20(21)22)24-13-6-3-9(7-11(13)16)15(17,18)19;1-4-11-7-6-8-12(5-2)14(11)16(10-18-3)13(17)9-15;1-7-6-16-9-5-3-2-4-8(9)14(7)11(15)10(12)13;5-3(6)1-4-2-10(7,8)9/h3-8H,2H2,1H3;6-8H,4-5,9-10H2,1-3H3;2-5,7,10H,6H2,1H3;4H,1-2H2,(H,5,6)(H2,7,8,9). The van der Waals surface area contributed by atoms with Gasteiger partial charge < -0.3 is 38.7 Å². The predicted octanol–water partition coefficient (Wildman–Crippen LogP) is 9.85. The number of amides is 2. The van der Waals surface area contributed by atoms with Gasteiger partial charge in [0.2, 0.25) is 11.7 Å². The van der Waals surface area contributed by atoms with E-state index in [1.54, 1.807) is 23.8 Å². The minimum Gasteiger partial charge on any atom is -0.489 e. The van der Waals surface area contributed by atoms with Gasteiger partial charge in [-0.1, -0.05) is 79.0 Å². The van der Waals surface area contributed by atoms with Gasteiger partial charge in [0.05, 0.1) is 52.4 Å². The number of hydrogen-bond acceptors (Lipinski definition) is 11. The lowest BCUT2D eigenvalue weighted by Gasteiger charge is -2.35. The zero-order chi connectivity index (χ0) is 51.4. The Kier molecular flexibility index (Phi) is 24.9. The van der Waals surface area contributed by atoms with Crippen LogP contribution >= 0.6 is 54.0 Å². The number of rotatable bonds is 16. The molecule has 1 unspecified atom stereocenters. The van der Waals surface area contributed by atoms with Crippen LogP contribution in [-0.4, -0.2) is 94.2 Å². The number of para-hydroxylation sites is 3. The number of fused-ring (bicyclic) bond motifs is 1. The predicted molar refractivity (Wildman–Crippen MR) is 253 cm³/mol. The van der Waals surface area contributed by atoms with Gasteiger partial charge in [0.25, 0.3) is 5.91 Å². The number of halogens is 7. The normalized spacial score (nSPS) is 12.9. The molecule has 1 atom stereocenters. The number of nitro groups is 1. The average Bonchev–Trinajstić information content (AvgIpc) is 3.28. The van der Waals surface area contributed by atoms with E-state index in [0.717, 1.165) is 53.5 Å². The smallest absolute Gasteiger partial charge is 0.416 e. The summed E-state index contributed by atoms with van der Waals surface area (Å²) < 4.78 is 69.1. The van der Waals surface area contributed by atoms with Crippen molar-refractivity contribution in [1.29, 1.82) is 0 Å². The van der Waals surface area contributed by atoms with Crippen LogP contribution in [0, 0.1) is 10.1 Å². The highest BCUT2D eigenvalue weighted by Crippen LogP contribution is 2.39. The molecule has 0 radical (unpaired) electrons. The lowest BCUT2D eigenvalue weighted by atomic mass is 10.0. The number of ether oxygens (including phenoxy) is 4. The molecule has 4 aromatic rings. The van der Waals surface area contributed by atoms with Crippen molar-refractivity contribution in [2.24, 2.45) is 0 Å². The molecule has 0 spiro atoms. The van der Waals surface area contributed by atoms with Gasteiger partial charge in [-0.05, 0) is 74.2 Å². The summed E-state index contributed by atoms with van der Waals surface area (Å²) in [6, 6.07) is 19.8. The van der Waals surface area contributed by atoms with E-state index in [4.69, 9.17) is 80.2 Å². The highest BCUT2D eigenvalue weighted by Gasteiger charge is 2.33. The molecular weight excluding hydrogens is 1010 g/mol.